The van der Waals surface area contributed by atoms with E-state index in [1.54, 1.807) is 0 Å². The van der Waals surface area contributed by atoms with Crippen molar-refractivity contribution in [1.29, 1.82) is 0 Å². The van der Waals surface area contributed by atoms with Crippen LogP contribution in [-0.4, -0.2) is 6.54 Å². The van der Waals surface area contributed by atoms with E-state index in [2.05, 4.69) is 28.7 Å². The first kappa shape index (κ1) is 5.42. The van der Waals surface area contributed by atoms with Crippen LogP contribution < -0.4 is 0 Å². The Labute approximate surface area is 42.3 Å². The summed E-state index contributed by atoms with van der Waals surface area (Å²) in [6.07, 6.45) is 1.15. The molecular formula is C3H7NRh. The molecule has 0 amide bonds. The average molecular weight is 160 g/mol. The number of rotatable bonds is 2. The first-order valence-corrected chi connectivity index (χ1v) is 2.41. The average Bonchev–Trinajstić information content (AvgIpc) is 1.41. The molecule has 0 saturated carbocycles. The molecule has 1 nitrogen and oxygen atoms in total. The molecule has 0 unspecified atom stereocenters. The first-order valence-electron chi connectivity index (χ1n) is 1.67. The van der Waals surface area contributed by atoms with Crippen LogP contribution in [0.1, 0.15) is 13.3 Å². The molecule has 5 heavy (non-hydrogen) atoms. The molecule has 0 aliphatic carbocycles. The van der Waals surface area contributed by atoms with Crippen molar-refractivity contribution in [2.75, 3.05) is 6.54 Å². The summed E-state index contributed by atoms with van der Waals surface area (Å²) in [6, 6.07) is 0. The van der Waals surface area contributed by atoms with Gasteiger partial charge in [0.2, 0.25) is 0 Å². The maximum absolute atomic E-state index is 3.74. The molecule has 0 N–H and O–H groups in total. The molecule has 0 fully saturated rings. The van der Waals surface area contributed by atoms with Gasteiger partial charge in [-0.05, 0) is 0 Å². The molecule has 0 saturated heterocycles. The Hall–Kier alpha value is 0.423. The van der Waals surface area contributed by atoms with E-state index in [1.165, 1.54) is 0 Å². The number of hydrogen-bond acceptors (Lipinski definition) is 1. The summed E-state index contributed by atoms with van der Waals surface area (Å²) in [6.45, 7) is 3.07. The van der Waals surface area contributed by atoms with Gasteiger partial charge in [-0.1, -0.05) is 0 Å². The molecule has 0 spiro atoms. The zero-order valence-corrected chi connectivity index (χ0v) is 4.83. The van der Waals surface area contributed by atoms with Crippen LogP contribution in [0.3, 0.4) is 0 Å². The van der Waals surface area contributed by atoms with Crippen molar-refractivity contribution in [1.82, 2.24) is 0 Å². The summed E-state index contributed by atoms with van der Waals surface area (Å²) in [7, 11) is 0. The van der Waals surface area contributed by atoms with Crippen molar-refractivity contribution >= 4 is 0 Å². The fraction of sp³-hybridized carbons (Fsp3) is 1.00. The standard InChI is InChI=1S/C3H7N.Rh/c1-2-3-4;/h2-3H2,1H3;. The topological polar surface area (TPSA) is 12.4 Å². The Kier molecular flexibility index (Phi) is 4.80. The van der Waals surface area contributed by atoms with Gasteiger partial charge < -0.3 is 0 Å². The molecule has 0 aromatic rings. The van der Waals surface area contributed by atoms with Crippen LogP contribution in [-0.2, 0) is 18.1 Å². The van der Waals surface area contributed by atoms with Crippen molar-refractivity contribution in [2.24, 2.45) is 3.68 Å². The Morgan fingerprint density at radius 2 is 2.40 bits per heavy atom. The van der Waals surface area contributed by atoms with Crippen LogP contribution in [0.5, 0.6) is 0 Å². The molecule has 0 aromatic carbocycles. The zero-order chi connectivity index (χ0) is 4.12. The van der Waals surface area contributed by atoms with Crippen LogP contribution in [0, 0.1) is 0 Å². The van der Waals surface area contributed by atoms with E-state index in [4.69, 9.17) is 0 Å². The summed E-state index contributed by atoms with van der Waals surface area (Å²) in [5.74, 6) is 0. The molecule has 0 heterocycles. The summed E-state index contributed by atoms with van der Waals surface area (Å²) >= 11 is 2.48. The van der Waals surface area contributed by atoms with Crippen LogP contribution in [0.2, 0.25) is 0 Å². The molecular weight excluding hydrogens is 153 g/mol. The van der Waals surface area contributed by atoms with Crippen molar-refractivity contribution in [3.8, 4) is 0 Å². The SMILES string of the molecule is CCC[N]=[Rh]. The Morgan fingerprint density at radius 1 is 1.80 bits per heavy atom. The van der Waals surface area contributed by atoms with Crippen LogP contribution in [0.25, 0.3) is 0 Å². The second kappa shape index (κ2) is 4.42. The molecule has 0 atom stereocenters. The molecule has 0 bridgehead atoms. The summed E-state index contributed by atoms with van der Waals surface area (Å²) < 4.78 is 3.74. The predicted octanol–water partition coefficient (Wildman–Crippen LogP) is 1.13. The Bertz CT molecular complexity index is 28.1. The minimum atomic E-state index is 0.965. The second-order valence-electron chi connectivity index (χ2n) is 0.829. The van der Waals surface area contributed by atoms with Gasteiger partial charge in [-0.2, -0.15) is 0 Å². The van der Waals surface area contributed by atoms with E-state index in [-0.39, 0.29) is 0 Å². The van der Waals surface area contributed by atoms with Gasteiger partial charge in [0.05, 0.1) is 0 Å². The van der Waals surface area contributed by atoms with E-state index in [0.29, 0.717) is 0 Å². The molecule has 33 valence electrons. The normalized spacial score (nSPS) is 7.60. The van der Waals surface area contributed by atoms with E-state index < -0.39 is 0 Å². The predicted molar refractivity (Wildman–Crippen MR) is 17.6 cm³/mol. The third-order valence-corrected chi connectivity index (χ3v) is 0.665. The van der Waals surface area contributed by atoms with Crippen LogP contribution >= 0.6 is 0 Å². The monoisotopic (exact) mass is 160 g/mol. The van der Waals surface area contributed by atoms with Crippen LogP contribution in [0.15, 0.2) is 3.68 Å². The Balaban J connectivity index is 2.40. The van der Waals surface area contributed by atoms with Gasteiger partial charge in [0.25, 0.3) is 0 Å². The summed E-state index contributed by atoms with van der Waals surface area (Å²) in [5.41, 5.74) is 0. The zero-order valence-electron chi connectivity index (χ0n) is 3.19. The summed E-state index contributed by atoms with van der Waals surface area (Å²) in [4.78, 5) is 0. The second-order valence-corrected chi connectivity index (χ2v) is 1.35. The quantitative estimate of drug-likeness (QED) is 0.537. The van der Waals surface area contributed by atoms with Crippen LogP contribution in [0.4, 0.5) is 0 Å². The fourth-order valence-electron chi connectivity index (χ4n) is 0.0745. The van der Waals surface area contributed by atoms with E-state index in [0.717, 1.165) is 13.0 Å². The van der Waals surface area contributed by atoms with E-state index in [9.17, 15) is 0 Å². The van der Waals surface area contributed by atoms with E-state index >= 15 is 0 Å². The van der Waals surface area contributed by atoms with Gasteiger partial charge >= 0.3 is 41.7 Å². The third-order valence-electron chi connectivity index (χ3n) is 0.298. The Morgan fingerprint density at radius 3 is 2.40 bits per heavy atom. The molecule has 0 aliphatic heterocycles. The molecule has 0 aromatic heterocycles. The third kappa shape index (κ3) is 4.42. The van der Waals surface area contributed by atoms with Gasteiger partial charge in [-0.15, -0.1) is 0 Å². The summed E-state index contributed by atoms with van der Waals surface area (Å²) in [5, 5.41) is 0. The minimum absolute atomic E-state index is 0.965. The first-order chi connectivity index (χ1) is 2.41. The molecule has 2 heteroatoms. The van der Waals surface area contributed by atoms with E-state index in [1.807, 2.05) is 0 Å². The van der Waals surface area contributed by atoms with Gasteiger partial charge in [0.1, 0.15) is 0 Å². The molecule has 0 aliphatic rings. The van der Waals surface area contributed by atoms with Crippen molar-refractivity contribution in [3.05, 3.63) is 0 Å². The van der Waals surface area contributed by atoms with Crippen molar-refractivity contribution < 1.29 is 18.1 Å². The van der Waals surface area contributed by atoms with Gasteiger partial charge in [0.15, 0.2) is 0 Å². The maximum atomic E-state index is 3.74. The fourth-order valence-corrected chi connectivity index (χ4v) is 0.441. The number of hydrogen-bond donors (Lipinski definition) is 0. The van der Waals surface area contributed by atoms with Gasteiger partial charge in [-0.25, -0.2) is 0 Å². The van der Waals surface area contributed by atoms with Crippen molar-refractivity contribution in [2.45, 2.75) is 13.3 Å². The molecule has 0 rings (SSSR count). The molecule has 0 radical (unpaired) electrons. The van der Waals surface area contributed by atoms with Crippen molar-refractivity contribution in [3.63, 3.8) is 0 Å². The van der Waals surface area contributed by atoms with Gasteiger partial charge in [-0.3, -0.25) is 0 Å². The van der Waals surface area contributed by atoms with Gasteiger partial charge in [0, 0.05) is 0 Å². The number of nitrogens with zero attached hydrogens (tertiary/aromatic N) is 1.